The van der Waals surface area contributed by atoms with Crippen molar-refractivity contribution in [3.05, 3.63) is 126 Å². The van der Waals surface area contributed by atoms with Crippen molar-refractivity contribution >= 4 is 22.9 Å². The molecule has 3 heterocycles. The molecule has 2 aromatic heterocycles. The van der Waals surface area contributed by atoms with E-state index in [0.717, 1.165) is 73.8 Å². The number of anilines is 1. The Bertz CT molecular complexity index is 1660. The molecule has 1 saturated heterocycles. The third-order valence-corrected chi connectivity index (χ3v) is 8.55. The van der Waals surface area contributed by atoms with E-state index in [-0.39, 0.29) is 17.6 Å². The first-order valence-corrected chi connectivity index (χ1v) is 15.4. The molecule has 1 aliphatic heterocycles. The van der Waals surface area contributed by atoms with Crippen LogP contribution in [0.2, 0.25) is 0 Å². The van der Waals surface area contributed by atoms with Crippen LogP contribution in [-0.4, -0.2) is 76.6 Å². The number of halogens is 1. The highest BCUT2D eigenvalue weighted by Crippen LogP contribution is 2.26. The molecule has 0 bridgehead atoms. The van der Waals surface area contributed by atoms with Gasteiger partial charge in [-0.2, -0.15) is 0 Å². The maximum atomic E-state index is 13.8. The predicted octanol–water partition coefficient (Wildman–Crippen LogP) is 6.08. The standard InChI is InChI=1S/C36H39FN6O/c1-40(35(44)29-10-3-2-4-11-29)26-30(28-15-17-31(37)18-16-28)19-23-41-21-9-22-42(25-24-41)36-39-33-13-5-6-14-34(33)43(36)27-32-12-7-8-20-38-32/h2-8,10-18,20,30H,9,19,21-27H2,1H3. The van der Waals surface area contributed by atoms with Crippen LogP contribution in [0, 0.1) is 5.82 Å². The number of amides is 1. The first-order valence-electron chi connectivity index (χ1n) is 15.4. The first-order chi connectivity index (χ1) is 21.5. The molecule has 7 nitrogen and oxygen atoms in total. The van der Waals surface area contributed by atoms with Crippen molar-refractivity contribution in [3.8, 4) is 0 Å². The Kier molecular flexibility index (Phi) is 9.27. The van der Waals surface area contributed by atoms with E-state index >= 15 is 0 Å². The zero-order valence-corrected chi connectivity index (χ0v) is 25.2. The lowest BCUT2D eigenvalue weighted by atomic mass is 9.94. The van der Waals surface area contributed by atoms with Crippen molar-refractivity contribution in [2.45, 2.75) is 25.3 Å². The van der Waals surface area contributed by atoms with Gasteiger partial charge in [-0.05, 0) is 80.0 Å². The summed E-state index contributed by atoms with van der Waals surface area (Å²) in [5.74, 6) is 0.832. The Morgan fingerprint density at radius 1 is 0.886 bits per heavy atom. The lowest BCUT2D eigenvalue weighted by Crippen LogP contribution is -2.35. The van der Waals surface area contributed by atoms with Gasteiger partial charge in [0.15, 0.2) is 0 Å². The number of hydrogen-bond acceptors (Lipinski definition) is 5. The van der Waals surface area contributed by atoms with Crippen LogP contribution in [0.15, 0.2) is 103 Å². The minimum absolute atomic E-state index is 0.00304. The number of benzene rings is 3. The Hall–Kier alpha value is -4.56. The second-order valence-corrected chi connectivity index (χ2v) is 11.6. The SMILES string of the molecule is CN(CC(CCN1CCCN(c2nc3ccccc3n2Cc2ccccn2)CC1)c1ccc(F)cc1)C(=O)c1ccccc1. The molecular formula is C36H39FN6O. The molecule has 6 rings (SSSR count). The van der Waals surface area contributed by atoms with Gasteiger partial charge in [0.1, 0.15) is 5.82 Å². The number of rotatable bonds is 10. The fourth-order valence-electron chi connectivity index (χ4n) is 6.16. The summed E-state index contributed by atoms with van der Waals surface area (Å²) >= 11 is 0. The number of nitrogens with zero attached hydrogens (tertiary/aromatic N) is 6. The van der Waals surface area contributed by atoms with Gasteiger partial charge in [-0.15, -0.1) is 0 Å². The van der Waals surface area contributed by atoms with E-state index in [2.05, 4.69) is 43.6 Å². The second-order valence-electron chi connectivity index (χ2n) is 11.6. The molecule has 0 radical (unpaired) electrons. The molecule has 0 saturated carbocycles. The number of aromatic nitrogens is 3. The predicted molar refractivity (Wildman–Crippen MR) is 174 cm³/mol. The number of fused-ring (bicyclic) bond motifs is 1. The zero-order valence-electron chi connectivity index (χ0n) is 25.2. The lowest BCUT2D eigenvalue weighted by Gasteiger charge is -2.28. The number of carbonyl (C=O) groups excluding carboxylic acids is 1. The van der Waals surface area contributed by atoms with E-state index in [0.29, 0.717) is 18.7 Å². The Labute approximate surface area is 258 Å². The number of imidazole rings is 1. The van der Waals surface area contributed by atoms with Gasteiger partial charge >= 0.3 is 0 Å². The van der Waals surface area contributed by atoms with Gasteiger partial charge in [0.2, 0.25) is 5.95 Å². The molecule has 0 spiro atoms. The normalized spacial score (nSPS) is 14.8. The maximum absolute atomic E-state index is 13.8. The number of hydrogen-bond donors (Lipinski definition) is 0. The molecule has 0 aliphatic carbocycles. The van der Waals surface area contributed by atoms with Crippen LogP contribution >= 0.6 is 0 Å². The minimum Gasteiger partial charge on any atom is -0.341 e. The van der Waals surface area contributed by atoms with Crippen molar-refractivity contribution in [1.29, 1.82) is 0 Å². The summed E-state index contributed by atoms with van der Waals surface area (Å²) in [4.78, 5) is 29.5. The van der Waals surface area contributed by atoms with Crippen LogP contribution in [0.3, 0.4) is 0 Å². The zero-order chi connectivity index (χ0) is 30.3. The summed E-state index contributed by atoms with van der Waals surface area (Å²) in [6, 6.07) is 30.5. The molecule has 8 heteroatoms. The van der Waals surface area contributed by atoms with Gasteiger partial charge in [-0.3, -0.25) is 9.78 Å². The highest BCUT2D eigenvalue weighted by Gasteiger charge is 2.24. The Balaban J connectivity index is 1.14. The van der Waals surface area contributed by atoms with Crippen molar-refractivity contribution in [2.75, 3.05) is 51.2 Å². The summed E-state index contributed by atoms with van der Waals surface area (Å²) in [6.07, 6.45) is 3.74. The molecule has 226 valence electrons. The quantitative estimate of drug-likeness (QED) is 0.198. The van der Waals surface area contributed by atoms with Crippen LogP contribution in [0.25, 0.3) is 11.0 Å². The van der Waals surface area contributed by atoms with Crippen molar-refractivity contribution in [3.63, 3.8) is 0 Å². The van der Waals surface area contributed by atoms with E-state index in [4.69, 9.17) is 4.98 Å². The fraction of sp³-hybridized carbons (Fsp3) is 0.306. The molecule has 5 aromatic rings. The van der Waals surface area contributed by atoms with Crippen LogP contribution in [0.4, 0.5) is 10.3 Å². The summed E-state index contributed by atoms with van der Waals surface area (Å²) in [7, 11) is 1.85. The van der Waals surface area contributed by atoms with E-state index in [1.807, 2.05) is 73.9 Å². The fourth-order valence-corrected chi connectivity index (χ4v) is 6.16. The molecule has 1 atom stereocenters. The molecule has 3 aromatic carbocycles. The lowest BCUT2D eigenvalue weighted by molar-refractivity contribution is 0.0782. The van der Waals surface area contributed by atoms with Gasteiger partial charge in [0.25, 0.3) is 5.91 Å². The topological polar surface area (TPSA) is 57.5 Å². The number of pyridine rings is 1. The molecular weight excluding hydrogens is 551 g/mol. The van der Waals surface area contributed by atoms with Gasteiger partial charge in [0, 0.05) is 50.9 Å². The van der Waals surface area contributed by atoms with Gasteiger partial charge in [0.05, 0.1) is 23.3 Å². The maximum Gasteiger partial charge on any atom is 0.253 e. The molecule has 1 aliphatic rings. The van der Waals surface area contributed by atoms with Crippen LogP contribution in [-0.2, 0) is 6.54 Å². The summed E-state index contributed by atoms with van der Waals surface area (Å²) in [5.41, 5.74) is 4.85. The number of para-hydroxylation sites is 2. The Morgan fingerprint density at radius 3 is 2.45 bits per heavy atom. The van der Waals surface area contributed by atoms with E-state index in [1.165, 1.54) is 12.1 Å². The molecule has 1 unspecified atom stereocenters. The average molecular weight is 591 g/mol. The minimum atomic E-state index is -0.247. The second kappa shape index (κ2) is 13.8. The molecule has 44 heavy (non-hydrogen) atoms. The van der Waals surface area contributed by atoms with Crippen LogP contribution in [0.5, 0.6) is 0 Å². The summed E-state index contributed by atoms with van der Waals surface area (Å²) in [6.45, 7) is 5.85. The number of likely N-dealkylation sites (N-methyl/N-ethyl adjacent to an activating group) is 1. The summed E-state index contributed by atoms with van der Waals surface area (Å²) < 4.78 is 16.1. The monoisotopic (exact) mass is 590 g/mol. The third kappa shape index (κ3) is 6.97. The van der Waals surface area contributed by atoms with Crippen molar-refractivity contribution in [2.24, 2.45) is 0 Å². The first kappa shape index (κ1) is 29.5. The van der Waals surface area contributed by atoms with E-state index in [1.54, 1.807) is 4.90 Å². The van der Waals surface area contributed by atoms with Crippen LogP contribution in [0.1, 0.15) is 40.4 Å². The number of carbonyl (C=O) groups is 1. The van der Waals surface area contributed by atoms with Crippen molar-refractivity contribution in [1.82, 2.24) is 24.3 Å². The smallest absolute Gasteiger partial charge is 0.253 e. The highest BCUT2D eigenvalue weighted by molar-refractivity contribution is 5.94. The van der Waals surface area contributed by atoms with E-state index < -0.39 is 0 Å². The van der Waals surface area contributed by atoms with Gasteiger partial charge in [-0.25, -0.2) is 9.37 Å². The van der Waals surface area contributed by atoms with Gasteiger partial charge in [-0.1, -0.05) is 48.5 Å². The van der Waals surface area contributed by atoms with E-state index in [9.17, 15) is 9.18 Å². The molecule has 1 fully saturated rings. The third-order valence-electron chi connectivity index (χ3n) is 8.55. The van der Waals surface area contributed by atoms with Crippen LogP contribution < -0.4 is 4.90 Å². The molecule has 1 amide bonds. The largest absolute Gasteiger partial charge is 0.341 e. The average Bonchev–Trinajstić information content (AvgIpc) is 3.25. The Morgan fingerprint density at radius 2 is 1.66 bits per heavy atom. The summed E-state index contributed by atoms with van der Waals surface area (Å²) in [5, 5.41) is 0. The van der Waals surface area contributed by atoms with Crippen molar-refractivity contribution < 1.29 is 9.18 Å². The molecule has 0 N–H and O–H groups in total. The van der Waals surface area contributed by atoms with Gasteiger partial charge < -0.3 is 19.3 Å². The highest BCUT2D eigenvalue weighted by atomic mass is 19.1.